The van der Waals surface area contributed by atoms with Gasteiger partial charge in [-0.2, -0.15) is 19.6 Å². The van der Waals surface area contributed by atoms with E-state index in [0.717, 1.165) is 36.5 Å². The molecule has 0 fully saturated rings. The van der Waals surface area contributed by atoms with Gasteiger partial charge in [0.1, 0.15) is 0 Å². The van der Waals surface area contributed by atoms with Crippen molar-refractivity contribution < 1.29 is 4.42 Å². The first-order chi connectivity index (χ1) is 13.2. The van der Waals surface area contributed by atoms with E-state index in [4.69, 9.17) is 15.1 Å². The van der Waals surface area contributed by atoms with Gasteiger partial charge in [-0.1, -0.05) is 13.0 Å². The average molecular weight is 363 g/mol. The van der Waals surface area contributed by atoms with Crippen LogP contribution in [0.5, 0.6) is 0 Å². The van der Waals surface area contributed by atoms with Crippen molar-refractivity contribution in [2.24, 2.45) is 0 Å². The molecule has 0 bridgehead atoms. The van der Waals surface area contributed by atoms with Crippen LogP contribution in [-0.4, -0.2) is 31.1 Å². The second kappa shape index (κ2) is 7.55. The van der Waals surface area contributed by atoms with Crippen LogP contribution in [0.25, 0.3) is 17.2 Å². The third-order valence-corrected chi connectivity index (χ3v) is 4.17. The van der Waals surface area contributed by atoms with E-state index in [2.05, 4.69) is 27.3 Å². The van der Waals surface area contributed by atoms with E-state index in [1.807, 2.05) is 24.3 Å². The van der Waals surface area contributed by atoms with Crippen molar-refractivity contribution in [1.29, 1.82) is 0 Å². The number of aromatic nitrogens is 5. The summed E-state index contributed by atoms with van der Waals surface area (Å²) in [5.74, 6) is 1.30. The normalized spacial score (nSPS) is 11.3. The zero-order valence-corrected chi connectivity index (χ0v) is 15.1. The molecular formula is C19H21N7O. The Morgan fingerprint density at radius 3 is 2.81 bits per heavy atom. The molecule has 0 amide bonds. The molecule has 0 saturated carbocycles. The quantitative estimate of drug-likeness (QED) is 0.486. The lowest BCUT2D eigenvalue weighted by Crippen LogP contribution is -2.15. The Morgan fingerprint density at radius 1 is 1.11 bits per heavy atom. The number of hydrogen-bond acceptors (Lipinski definition) is 7. The highest BCUT2D eigenvalue weighted by Crippen LogP contribution is 2.22. The Labute approximate surface area is 156 Å². The van der Waals surface area contributed by atoms with Crippen LogP contribution < -0.4 is 11.1 Å². The van der Waals surface area contributed by atoms with Crippen LogP contribution in [-0.2, 0) is 13.0 Å². The fourth-order valence-electron chi connectivity index (χ4n) is 2.94. The maximum atomic E-state index is 5.92. The minimum atomic E-state index is 0.182. The van der Waals surface area contributed by atoms with E-state index < -0.39 is 0 Å². The number of nitrogens with zero attached hydrogens (tertiary/aromatic N) is 5. The molecule has 0 spiro atoms. The van der Waals surface area contributed by atoms with Crippen LogP contribution in [0, 0.1) is 0 Å². The van der Waals surface area contributed by atoms with Gasteiger partial charge < -0.3 is 15.5 Å². The molecule has 4 aromatic rings. The van der Waals surface area contributed by atoms with Crippen molar-refractivity contribution in [3.63, 3.8) is 0 Å². The molecule has 0 unspecified atom stereocenters. The van der Waals surface area contributed by atoms with Gasteiger partial charge in [-0.25, -0.2) is 0 Å². The number of nitrogens with two attached hydrogens (primary N) is 1. The number of nitrogen functional groups attached to an aromatic ring is 1. The molecule has 0 aliphatic rings. The minimum absolute atomic E-state index is 0.182. The zero-order valence-electron chi connectivity index (χ0n) is 15.1. The summed E-state index contributed by atoms with van der Waals surface area (Å²) in [6, 6.07) is 9.67. The Morgan fingerprint density at radius 2 is 2.00 bits per heavy atom. The first-order valence-corrected chi connectivity index (χ1v) is 8.94. The molecule has 138 valence electrons. The molecule has 0 aromatic carbocycles. The van der Waals surface area contributed by atoms with E-state index in [1.54, 1.807) is 23.0 Å². The lowest BCUT2D eigenvalue weighted by atomic mass is 10.1. The van der Waals surface area contributed by atoms with Gasteiger partial charge in [-0.3, -0.25) is 4.98 Å². The predicted molar refractivity (Wildman–Crippen MR) is 102 cm³/mol. The summed E-state index contributed by atoms with van der Waals surface area (Å²) in [7, 11) is 0. The second-order valence-electron chi connectivity index (χ2n) is 6.26. The number of hydrogen-bond donors (Lipinski definition) is 2. The second-order valence-corrected chi connectivity index (χ2v) is 6.26. The van der Waals surface area contributed by atoms with Crippen molar-refractivity contribution in [1.82, 2.24) is 29.9 Å². The molecule has 0 radical (unpaired) electrons. The van der Waals surface area contributed by atoms with Gasteiger partial charge in [0.15, 0.2) is 11.4 Å². The molecule has 4 rings (SSSR count). The number of pyridine rings is 1. The Bertz CT molecular complexity index is 1040. The van der Waals surface area contributed by atoms with Crippen molar-refractivity contribution in [2.75, 3.05) is 12.3 Å². The third-order valence-electron chi connectivity index (χ3n) is 4.17. The molecule has 4 aromatic heterocycles. The molecule has 27 heavy (non-hydrogen) atoms. The molecule has 0 aliphatic carbocycles. The summed E-state index contributed by atoms with van der Waals surface area (Å²) in [4.78, 5) is 13.4. The first-order valence-electron chi connectivity index (χ1n) is 8.94. The van der Waals surface area contributed by atoms with Gasteiger partial charge >= 0.3 is 0 Å². The summed E-state index contributed by atoms with van der Waals surface area (Å²) in [6.45, 7) is 3.88. The summed E-state index contributed by atoms with van der Waals surface area (Å²) < 4.78 is 7.10. The predicted octanol–water partition coefficient (Wildman–Crippen LogP) is 2.45. The van der Waals surface area contributed by atoms with Gasteiger partial charge in [0.2, 0.25) is 11.8 Å². The SMILES string of the molecule is CCCNCc1cccc(Cc2cnn3c(-c4ccco4)nc(N)nc23)n1. The van der Waals surface area contributed by atoms with Crippen LogP contribution in [0.2, 0.25) is 0 Å². The topological polar surface area (TPSA) is 107 Å². The summed E-state index contributed by atoms with van der Waals surface area (Å²) in [5, 5.41) is 7.80. The number of furan rings is 1. The summed E-state index contributed by atoms with van der Waals surface area (Å²) >= 11 is 0. The number of nitrogens with one attached hydrogen (secondary N) is 1. The molecule has 8 nitrogen and oxygen atoms in total. The third kappa shape index (κ3) is 3.65. The Hall–Kier alpha value is -3.26. The smallest absolute Gasteiger partial charge is 0.224 e. The van der Waals surface area contributed by atoms with Gasteiger partial charge in [0.05, 0.1) is 18.2 Å². The van der Waals surface area contributed by atoms with E-state index in [9.17, 15) is 0 Å². The molecule has 0 saturated heterocycles. The number of anilines is 1. The summed E-state index contributed by atoms with van der Waals surface area (Å²) in [5.41, 5.74) is 9.48. The van der Waals surface area contributed by atoms with Crippen molar-refractivity contribution in [3.05, 3.63) is 59.7 Å². The van der Waals surface area contributed by atoms with Crippen LogP contribution >= 0.6 is 0 Å². The molecule has 0 aliphatic heterocycles. The van der Waals surface area contributed by atoms with E-state index in [-0.39, 0.29) is 5.95 Å². The van der Waals surface area contributed by atoms with Crippen LogP contribution in [0.4, 0.5) is 5.95 Å². The molecule has 4 heterocycles. The summed E-state index contributed by atoms with van der Waals surface area (Å²) in [6.07, 6.45) is 5.08. The number of fused-ring (bicyclic) bond motifs is 1. The lowest BCUT2D eigenvalue weighted by Gasteiger charge is -2.06. The largest absolute Gasteiger partial charge is 0.461 e. The lowest BCUT2D eigenvalue weighted by molar-refractivity contribution is 0.573. The molecule has 0 atom stereocenters. The van der Waals surface area contributed by atoms with Gasteiger partial charge in [0.25, 0.3) is 0 Å². The van der Waals surface area contributed by atoms with Crippen LogP contribution in [0.15, 0.2) is 47.2 Å². The highest BCUT2D eigenvalue weighted by Gasteiger charge is 2.15. The van der Waals surface area contributed by atoms with Gasteiger partial charge in [-0.05, 0) is 37.2 Å². The minimum Gasteiger partial charge on any atom is -0.461 e. The average Bonchev–Trinajstić information content (AvgIpc) is 3.33. The van der Waals surface area contributed by atoms with Crippen molar-refractivity contribution in [2.45, 2.75) is 26.3 Å². The standard InChI is InChI=1S/C19H21N7O/c1-2-8-21-12-15-6-3-5-14(23-15)10-13-11-22-26-17(13)24-19(20)25-18(26)16-7-4-9-27-16/h3-7,9,11,21H,2,8,10,12H2,1H3,(H2,20,24). The van der Waals surface area contributed by atoms with Crippen LogP contribution in [0.3, 0.4) is 0 Å². The van der Waals surface area contributed by atoms with Gasteiger partial charge in [-0.15, -0.1) is 0 Å². The van der Waals surface area contributed by atoms with Crippen LogP contribution in [0.1, 0.15) is 30.3 Å². The van der Waals surface area contributed by atoms with Crippen molar-refractivity contribution >= 4 is 11.6 Å². The van der Waals surface area contributed by atoms with Gasteiger partial charge in [0, 0.05) is 24.2 Å². The zero-order chi connectivity index (χ0) is 18.6. The van der Waals surface area contributed by atoms with Crippen molar-refractivity contribution in [3.8, 4) is 11.6 Å². The maximum Gasteiger partial charge on any atom is 0.224 e. The van der Waals surface area contributed by atoms with E-state index in [1.165, 1.54) is 0 Å². The molecule has 8 heteroatoms. The fourth-order valence-corrected chi connectivity index (χ4v) is 2.94. The monoisotopic (exact) mass is 363 g/mol. The molecule has 3 N–H and O–H groups in total. The first kappa shape index (κ1) is 17.2. The Balaban J connectivity index is 1.64. The maximum absolute atomic E-state index is 5.92. The molecular weight excluding hydrogens is 342 g/mol. The van der Waals surface area contributed by atoms with E-state index >= 15 is 0 Å². The number of rotatable bonds is 7. The highest BCUT2D eigenvalue weighted by atomic mass is 16.3. The Kier molecular flexibility index (Phi) is 4.80. The highest BCUT2D eigenvalue weighted by molar-refractivity contribution is 5.58. The van der Waals surface area contributed by atoms with E-state index in [0.29, 0.717) is 23.7 Å². The fraction of sp³-hybridized carbons (Fsp3) is 0.263.